The van der Waals surface area contributed by atoms with Crippen LogP contribution >= 0.6 is 12.4 Å². The molecule has 2 atom stereocenters. The third-order valence-corrected chi connectivity index (χ3v) is 4.01. The summed E-state index contributed by atoms with van der Waals surface area (Å²) in [7, 11) is 3.92. The van der Waals surface area contributed by atoms with E-state index in [0.717, 1.165) is 31.5 Å². The van der Waals surface area contributed by atoms with E-state index in [0.29, 0.717) is 6.42 Å². The second-order valence-electron chi connectivity index (χ2n) is 5.87. The highest BCUT2D eigenvalue weighted by molar-refractivity contribution is 5.85. The standard InChI is InChI=1S/C15H21F2NO.ClH/c1-18(2)10-12-4-3-7-15(12,19)9-11-8-13(16)5-6-14(11)17;/h5-6,8,12,19H,3-4,7,9-10H2,1-2H3;1H. The van der Waals surface area contributed by atoms with Gasteiger partial charge in [0.25, 0.3) is 0 Å². The summed E-state index contributed by atoms with van der Waals surface area (Å²) in [6.07, 6.45) is 2.72. The van der Waals surface area contributed by atoms with Crippen LogP contribution in [0.4, 0.5) is 8.78 Å². The van der Waals surface area contributed by atoms with Gasteiger partial charge in [-0.1, -0.05) is 6.42 Å². The van der Waals surface area contributed by atoms with Gasteiger partial charge in [0.05, 0.1) is 5.60 Å². The van der Waals surface area contributed by atoms with Crippen LogP contribution in [-0.2, 0) is 6.42 Å². The van der Waals surface area contributed by atoms with E-state index < -0.39 is 17.2 Å². The molecule has 1 aliphatic rings. The van der Waals surface area contributed by atoms with Gasteiger partial charge in [0.2, 0.25) is 0 Å². The summed E-state index contributed by atoms with van der Waals surface area (Å²) in [6, 6.07) is 3.43. The fourth-order valence-electron chi connectivity index (χ4n) is 3.07. The van der Waals surface area contributed by atoms with Crippen LogP contribution in [0.25, 0.3) is 0 Å². The first-order valence-corrected chi connectivity index (χ1v) is 6.72. The minimum Gasteiger partial charge on any atom is -0.389 e. The molecule has 1 aromatic carbocycles. The van der Waals surface area contributed by atoms with Crippen LogP contribution in [0.2, 0.25) is 0 Å². The summed E-state index contributed by atoms with van der Waals surface area (Å²) < 4.78 is 26.9. The molecule has 0 heterocycles. The van der Waals surface area contributed by atoms with Gasteiger partial charge < -0.3 is 10.0 Å². The summed E-state index contributed by atoms with van der Waals surface area (Å²) in [6.45, 7) is 0.771. The molecular weight excluding hydrogens is 284 g/mol. The Bertz CT molecular complexity index is 455. The first-order valence-electron chi connectivity index (χ1n) is 6.72. The zero-order valence-corrected chi connectivity index (χ0v) is 12.7. The fourth-order valence-corrected chi connectivity index (χ4v) is 3.07. The molecule has 0 saturated heterocycles. The van der Waals surface area contributed by atoms with Gasteiger partial charge in [0, 0.05) is 18.9 Å². The van der Waals surface area contributed by atoms with Gasteiger partial charge >= 0.3 is 0 Å². The highest BCUT2D eigenvalue weighted by atomic mass is 35.5. The molecule has 1 fully saturated rings. The van der Waals surface area contributed by atoms with Crippen LogP contribution in [0.15, 0.2) is 18.2 Å². The molecule has 1 saturated carbocycles. The lowest BCUT2D eigenvalue weighted by molar-refractivity contribution is -0.00638. The zero-order chi connectivity index (χ0) is 14.0. The van der Waals surface area contributed by atoms with E-state index in [1.54, 1.807) is 0 Å². The Morgan fingerprint density at radius 2 is 2.05 bits per heavy atom. The second kappa shape index (κ2) is 6.83. The molecule has 2 rings (SSSR count). The van der Waals surface area contributed by atoms with Gasteiger partial charge in [-0.25, -0.2) is 8.78 Å². The van der Waals surface area contributed by atoms with Crippen molar-refractivity contribution in [1.29, 1.82) is 0 Å². The SMILES string of the molecule is CN(C)CC1CCCC1(O)Cc1cc(F)ccc1F.Cl. The van der Waals surface area contributed by atoms with Crippen molar-refractivity contribution in [3.63, 3.8) is 0 Å². The minimum absolute atomic E-state index is 0. The third kappa shape index (κ3) is 3.90. The van der Waals surface area contributed by atoms with E-state index in [2.05, 4.69) is 0 Å². The molecule has 1 N–H and O–H groups in total. The molecule has 2 nitrogen and oxygen atoms in total. The number of hydrogen-bond donors (Lipinski definition) is 1. The summed E-state index contributed by atoms with van der Waals surface area (Å²) in [4.78, 5) is 2.03. The van der Waals surface area contributed by atoms with Crippen molar-refractivity contribution >= 4 is 12.4 Å². The predicted molar refractivity (Wildman–Crippen MR) is 78.2 cm³/mol. The lowest BCUT2D eigenvalue weighted by atomic mass is 9.84. The highest BCUT2D eigenvalue weighted by Gasteiger charge is 2.41. The van der Waals surface area contributed by atoms with E-state index in [4.69, 9.17) is 0 Å². The number of aliphatic hydroxyl groups is 1. The maximum absolute atomic E-state index is 13.7. The topological polar surface area (TPSA) is 23.5 Å². The Kier molecular flexibility index (Phi) is 5.92. The number of rotatable bonds is 4. The smallest absolute Gasteiger partial charge is 0.126 e. The van der Waals surface area contributed by atoms with Crippen LogP contribution in [0, 0.1) is 17.6 Å². The summed E-state index contributed by atoms with van der Waals surface area (Å²) >= 11 is 0. The van der Waals surface area contributed by atoms with Gasteiger partial charge in [-0.3, -0.25) is 0 Å². The predicted octanol–water partition coefficient (Wildman–Crippen LogP) is 3.02. The van der Waals surface area contributed by atoms with Crippen LogP contribution in [-0.4, -0.2) is 36.2 Å². The number of hydrogen-bond acceptors (Lipinski definition) is 2. The van der Waals surface area contributed by atoms with Crippen molar-refractivity contribution in [1.82, 2.24) is 4.90 Å². The Labute approximate surface area is 125 Å². The van der Waals surface area contributed by atoms with Crippen molar-refractivity contribution in [2.24, 2.45) is 5.92 Å². The molecule has 0 spiro atoms. The molecule has 0 radical (unpaired) electrons. The normalized spacial score (nSPS) is 25.8. The summed E-state index contributed by atoms with van der Waals surface area (Å²) in [5.41, 5.74) is -0.646. The van der Waals surface area contributed by atoms with Crippen molar-refractivity contribution in [3.8, 4) is 0 Å². The monoisotopic (exact) mass is 305 g/mol. The van der Waals surface area contributed by atoms with Gasteiger partial charge in [-0.05, 0) is 50.7 Å². The highest BCUT2D eigenvalue weighted by Crippen LogP contribution is 2.39. The molecule has 2 unspecified atom stereocenters. The van der Waals surface area contributed by atoms with Crippen molar-refractivity contribution in [2.75, 3.05) is 20.6 Å². The fraction of sp³-hybridized carbons (Fsp3) is 0.600. The second-order valence-corrected chi connectivity index (χ2v) is 5.87. The van der Waals surface area contributed by atoms with Gasteiger partial charge in [0.1, 0.15) is 11.6 Å². The van der Waals surface area contributed by atoms with E-state index >= 15 is 0 Å². The van der Waals surface area contributed by atoms with E-state index in [-0.39, 0.29) is 30.3 Å². The molecule has 0 bridgehead atoms. The molecule has 1 aliphatic carbocycles. The van der Waals surface area contributed by atoms with E-state index in [9.17, 15) is 13.9 Å². The zero-order valence-electron chi connectivity index (χ0n) is 11.9. The van der Waals surface area contributed by atoms with Crippen molar-refractivity contribution in [2.45, 2.75) is 31.3 Å². The summed E-state index contributed by atoms with van der Waals surface area (Å²) in [5.74, 6) is -0.780. The average Bonchev–Trinajstić information content (AvgIpc) is 2.65. The van der Waals surface area contributed by atoms with E-state index in [1.807, 2.05) is 19.0 Å². The van der Waals surface area contributed by atoms with Crippen molar-refractivity contribution < 1.29 is 13.9 Å². The molecular formula is C15H22ClF2NO. The van der Waals surface area contributed by atoms with Crippen LogP contribution in [0.3, 0.4) is 0 Å². The largest absolute Gasteiger partial charge is 0.389 e. The minimum atomic E-state index is -0.918. The molecule has 0 aliphatic heterocycles. The van der Waals surface area contributed by atoms with Crippen LogP contribution in [0.1, 0.15) is 24.8 Å². The number of halogens is 3. The van der Waals surface area contributed by atoms with Crippen LogP contribution in [0.5, 0.6) is 0 Å². The van der Waals surface area contributed by atoms with Gasteiger partial charge in [0.15, 0.2) is 0 Å². The Hall–Kier alpha value is -0.710. The first-order chi connectivity index (χ1) is 8.90. The van der Waals surface area contributed by atoms with Crippen LogP contribution < -0.4 is 0 Å². The lowest BCUT2D eigenvalue weighted by Gasteiger charge is -2.32. The third-order valence-electron chi connectivity index (χ3n) is 4.01. The molecule has 114 valence electrons. The summed E-state index contributed by atoms with van der Waals surface area (Å²) in [5, 5.41) is 10.8. The van der Waals surface area contributed by atoms with Crippen molar-refractivity contribution in [3.05, 3.63) is 35.4 Å². The molecule has 0 amide bonds. The van der Waals surface area contributed by atoms with E-state index in [1.165, 1.54) is 6.07 Å². The number of benzene rings is 1. The molecule has 1 aromatic rings. The molecule has 5 heteroatoms. The quantitative estimate of drug-likeness (QED) is 0.924. The van der Waals surface area contributed by atoms with Gasteiger partial charge in [-0.15, -0.1) is 12.4 Å². The number of nitrogens with zero attached hydrogens (tertiary/aromatic N) is 1. The molecule has 0 aromatic heterocycles. The first kappa shape index (κ1) is 17.3. The maximum Gasteiger partial charge on any atom is 0.126 e. The average molecular weight is 306 g/mol. The lowest BCUT2D eigenvalue weighted by Crippen LogP contribution is -2.41. The Morgan fingerprint density at radius 1 is 1.35 bits per heavy atom. The maximum atomic E-state index is 13.7. The molecule has 20 heavy (non-hydrogen) atoms. The van der Waals surface area contributed by atoms with Gasteiger partial charge in [-0.2, -0.15) is 0 Å². The Morgan fingerprint density at radius 3 is 2.70 bits per heavy atom. The Balaban J connectivity index is 0.00000200.